The molecule has 31 heavy (non-hydrogen) atoms. The lowest BCUT2D eigenvalue weighted by molar-refractivity contribution is 0.163. The monoisotopic (exact) mass is 422 g/mol. The molecule has 1 fully saturated rings. The summed E-state index contributed by atoms with van der Waals surface area (Å²) in [6.45, 7) is 0.801. The van der Waals surface area contributed by atoms with Crippen molar-refractivity contribution in [3.8, 4) is 11.8 Å². The number of fused-ring (bicyclic) bond motifs is 1. The molecule has 1 nitrogen and oxygen atoms in total. The van der Waals surface area contributed by atoms with Crippen LogP contribution in [0.3, 0.4) is 0 Å². The van der Waals surface area contributed by atoms with Gasteiger partial charge in [0.15, 0.2) is 11.6 Å². The Morgan fingerprint density at radius 2 is 1.58 bits per heavy atom. The van der Waals surface area contributed by atoms with Crippen LogP contribution in [0, 0.1) is 35.2 Å². The smallest absolute Gasteiger partial charge is 0.159 e. The van der Waals surface area contributed by atoms with Gasteiger partial charge in [0.2, 0.25) is 0 Å². The third-order valence-corrected chi connectivity index (χ3v) is 6.29. The van der Waals surface area contributed by atoms with E-state index >= 15 is 0 Å². The van der Waals surface area contributed by atoms with Crippen LogP contribution in [-0.2, 0) is 4.74 Å². The van der Waals surface area contributed by atoms with Gasteiger partial charge in [-0.3, -0.25) is 0 Å². The van der Waals surface area contributed by atoms with E-state index in [4.69, 9.17) is 4.74 Å². The zero-order valence-electron chi connectivity index (χ0n) is 17.6. The molecule has 3 aromatic rings. The first-order valence-corrected chi connectivity index (χ1v) is 10.7. The van der Waals surface area contributed by atoms with Crippen LogP contribution >= 0.6 is 0 Å². The first-order chi connectivity index (χ1) is 15.0. The molecule has 1 aliphatic carbocycles. The van der Waals surface area contributed by atoms with Crippen LogP contribution in [0.25, 0.3) is 10.8 Å². The van der Waals surface area contributed by atoms with Crippen LogP contribution in [-0.4, -0.2) is 13.7 Å². The molecule has 0 radical (unpaired) electrons. The Labute approximate surface area is 181 Å². The normalized spacial score (nSPS) is 18.6. The number of hydrogen-bond acceptors (Lipinski definition) is 1. The van der Waals surface area contributed by atoms with E-state index in [1.54, 1.807) is 37.4 Å². The predicted molar refractivity (Wildman–Crippen MR) is 117 cm³/mol. The van der Waals surface area contributed by atoms with E-state index in [1.165, 1.54) is 0 Å². The molecular formula is C27H25F3O. The molecule has 4 heteroatoms. The van der Waals surface area contributed by atoms with Crippen molar-refractivity contribution in [2.45, 2.75) is 38.0 Å². The number of ether oxygens (including phenoxy) is 1. The van der Waals surface area contributed by atoms with Crippen LogP contribution in [0.1, 0.15) is 54.7 Å². The van der Waals surface area contributed by atoms with E-state index < -0.39 is 11.6 Å². The summed E-state index contributed by atoms with van der Waals surface area (Å²) in [6, 6.07) is 12.7. The Morgan fingerprint density at radius 1 is 0.839 bits per heavy atom. The van der Waals surface area contributed by atoms with Gasteiger partial charge in [-0.1, -0.05) is 30.0 Å². The molecule has 0 bridgehead atoms. The van der Waals surface area contributed by atoms with Crippen molar-refractivity contribution in [2.75, 3.05) is 13.7 Å². The third-order valence-electron chi connectivity index (χ3n) is 6.29. The highest BCUT2D eigenvalue weighted by atomic mass is 19.2. The largest absolute Gasteiger partial charge is 0.385 e. The van der Waals surface area contributed by atoms with Crippen molar-refractivity contribution >= 4 is 10.8 Å². The Bertz CT molecular complexity index is 1130. The van der Waals surface area contributed by atoms with Crippen LogP contribution in [0.15, 0.2) is 48.5 Å². The molecule has 3 aromatic carbocycles. The fourth-order valence-electron chi connectivity index (χ4n) is 4.47. The Hall–Kier alpha value is -2.77. The van der Waals surface area contributed by atoms with E-state index in [-0.39, 0.29) is 5.82 Å². The van der Waals surface area contributed by atoms with Gasteiger partial charge in [0.25, 0.3) is 0 Å². The Balaban J connectivity index is 1.51. The highest BCUT2D eigenvalue weighted by Crippen LogP contribution is 2.37. The summed E-state index contributed by atoms with van der Waals surface area (Å²) >= 11 is 0. The van der Waals surface area contributed by atoms with Gasteiger partial charge in [0, 0.05) is 24.7 Å². The minimum absolute atomic E-state index is 0.303. The highest BCUT2D eigenvalue weighted by Gasteiger charge is 2.22. The van der Waals surface area contributed by atoms with Crippen LogP contribution in [0.2, 0.25) is 0 Å². The predicted octanol–water partition coefficient (Wildman–Crippen LogP) is 6.97. The quantitative estimate of drug-likeness (QED) is 0.413. The Kier molecular flexibility index (Phi) is 6.63. The highest BCUT2D eigenvalue weighted by molar-refractivity contribution is 5.88. The summed E-state index contributed by atoms with van der Waals surface area (Å²) in [5.41, 5.74) is 1.86. The first-order valence-electron chi connectivity index (χ1n) is 10.7. The third kappa shape index (κ3) is 4.94. The standard InChI is InChI=1S/C27H25F3O/c1-31-14-13-18-5-7-19(8-6-18)22-12-11-21(25(28)15-22)10-9-20-3-2-4-23-16-26(29)27(30)17-24(20)23/h2-4,11-12,15-19H,5-8,13-14H2,1H3. The topological polar surface area (TPSA) is 9.23 Å². The summed E-state index contributed by atoms with van der Waals surface area (Å²) in [5.74, 6) is 4.70. The number of rotatable bonds is 4. The van der Waals surface area contributed by atoms with E-state index in [0.717, 1.165) is 56.4 Å². The molecule has 160 valence electrons. The minimum Gasteiger partial charge on any atom is -0.385 e. The summed E-state index contributed by atoms with van der Waals surface area (Å²) in [4.78, 5) is 0. The second-order valence-electron chi connectivity index (χ2n) is 8.28. The van der Waals surface area contributed by atoms with Gasteiger partial charge in [0.05, 0.1) is 5.56 Å². The van der Waals surface area contributed by atoms with Crippen molar-refractivity contribution in [2.24, 2.45) is 5.92 Å². The number of hydrogen-bond donors (Lipinski definition) is 0. The summed E-state index contributed by atoms with van der Waals surface area (Å²) in [6.07, 6.45) is 5.52. The molecule has 0 saturated heterocycles. The zero-order valence-corrected chi connectivity index (χ0v) is 17.6. The summed E-state index contributed by atoms with van der Waals surface area (Å²) < 4.78 is 47.1. The summed E-state index contributed by atoms with van der Waals surface area (Å²) in [5, 5.41) is 1.07. The van der Waals surface area contributed by atoms with Crippen molar-refractivity contribution < 1.29 is 17.9 Å². The summed E-state index contributed by atoms with van der Waals surface area (Å²) in [7, 11) is 1.73. The average molecular weight is 422 g/mol. The maximum atomic E-state index is 14.8. The van der Waals surface area contributed by atoms with Gasteiger partial charge in [-0.25, -0.2) is 13.2 Å². The molecule has 0 amide bonds. The van der Waals surface area contributed by atoms with Gasteiger partial charge in [0.1, 0.15) is 5.82 Å². The first kappa shape index (κ1) is 21.5. The zero-order chi connectivity index (χ0) is 21.8. The SMILES string of the molecule is COCCC1CCC(c2ccc(C#Cc3cccc4cc(F)c(F)cc34)c(F)c2)CC1. The lowest BCUT2D eigenvalue weighted by Crippen LogP contribution is -2.15. The molecular weight excluding hydrogens is 397 g/mol. The molecule has 0 heterocycles. The molecule has 0 spiro atoms. The van der Waals surface area contributed by atoms with E-state index in [2.05, 4.69) is 11.8 Å². The lowest BCUT2D eigenvalue weighted by Gasteiger charge is -2.28. The van der Waals surface area contributed by atoms with Gasteiger partial charge in [-0.05, 0) is 85.2 Å². The molecule has 1 saturated carbocycles. The lowest BCUT2D eigenvalue weighted by atomic mass is 9.77. The van der Waals surface area contributed by atoms with Gasteiger partial charge < -0.3 is 4.74 Å². The van der Waals surface area contributed by atoms with Gasteiger partial charge in [-0.2, -0.15) is 0 Å². The molecule has 0 N–H and O–H groups in total. The molecule has 4 rings (SSSR count). The van der Waals surface area contributed by atoms with Crippen LogP contribution in [0.4, 0.5) is 13.2 Å². The average Bonchev–Trinajstić information content (AvgIpc) is 2.78. The number of halogens is 3. The maximum absolute atomic E-state index is 14.8. The molecule has 1 aliphatic rings. The van der Waals surface area contributed by atoms with E-state index in [9.17, 15) is 13.2 Å². The van der Waals surface area contributed by atoms with E-state index in [0.29, 0.717) is 33.7 Å². The van der Waals surface area contributed by atoms with Crippen molar-refractivity contribution in [1.29, 1.82) is 0 Å². The fraction of sp³-hybridized carbons (Fsp3) is 0.333. The van der Waals surface area contributed by atoms with Crippen LogP contribution < -0.4 is 0 Å². The van der Waals surface area contributed by atoms with Crippen molar-refractivity contribution in [3.05, 3.63) is 82.7 Å². The number of methoxy groups -OCH3 is 1. The second-order valence-corrected chi connectivity index (χ2v) is 8.28. The fourth-order valence-corrected chi connectivity index (χ4v) is 4.47. The molecule has 0 aliphatic heterocycles. The van der Waals surface area contributed by atoms with E-state index in [1.807, 2.05) is 6.07 Å². The van der Waals surface area contributed by atoms with Crippen molar-refractivity contribution in [1.82, 2.24) is 0 Å². The molecule has 0 unspecified atom stereocenters. The number of benzene rings is 3. The molecule has 0 aromatic heterocycles. The maximum Gasteiger partial charge on any atom is 0.159 e. The minimum atomic E-state index is -0.922. The Morgan fingerprint density at radius 3 is 2.32 bits per heavy atom. The van der Waals surface area contributed by atoms with Gasteiger partial charge in [-0.15, -0.1) is 0 Å². The molecule has 0 atom stereocenters. The second kappa shape index (κ2) is 9.58. The van der Waals surface area contributed by atoms with Crippen LogP contribution in [0.5, 0.6) is 0 Å². The van der Waals surface area contributed by atoms with Crippen molar-refractivity contribution in [3.63, 3.8) is 0 Å². The van der Waals surface area contributed by atoms with Gasteiger partial charge >= 0.3 is 0 Å².